The number of rotatable bonds is 4. The topological polar surface area (TPSA) is 0 Å². The summed E-state index contributed by atoms with van der Waals surface area (Å²) in [7, 11) is 0. The van der Waals surface area contributed by atoms with E-state index in [-0.39, 0.29) is 0 Å². The Labute approximate surface area is 116 Å². The number of hydrogen-bond donors (Lipinski definition) is 1. The summed E-state index contributed by atoms with van der Waals surface area (Å²) in [4.78, 5) is 1.09. The van der Waals surface area contributed by atoms with Gasteiger partial charge < -0.3 is 0 Å². The molecule has 0 nitrogen and oxygen atoms in total. The molecular formula is C12H14Cl2S2. The molecule has 1 aromatic carbocycles. The van der Waals surface area contributed by atoms with Crippen molar-refractivity contribution in [2.45, 2.75) is 24.2 Å². The molecule has 0 heterocycles. The number of benzene rings is 1. The van der Waals surface area contributed by atoms with E-state index in [1.54, 1.807) is 11.8 Å². The van der Waals surface area contributed by atoms with Crippen LogP contribution in [0.15, 0.2) is 23.1 Å². The fraction of sp³-hybridized carbons (Fsp3) is 0.500. The van der Waals surface area contributed by atoms with Gasteiger partial charge in [-0.2, -0.15) is 12.6 Å². The summed E-state index contributed by atoms with van der Waals surface area (Å²) >= 11 is 18.3. The Hall–Kier alpha value is 0.500. The molecule has 1 aliphatic carbocycles. The average molecular weight is 293 g/mol. The normalized spacial score (nSPS) is 18.2. The van der Waals surface area contributed by atoms with Crippen molar-refractivity contribution in [3.8, 4) is 0 Å². The van der Waals surface area contributed by atoms with Crippen LogP contribution in [0.5, 0.6) is 0 Å². The average Bonchev–Trinajstić information content (AvgIpc) is 2.22. The van der Waals surface area contributed by atoms with E-state index < -0.39 is 0 Å². The van der Waals surface area contributed by atoms with E-state index in [1.807, 2.05) is 18.2 Å². The second-order valence-electron chi connectivity index (χ2n) is 4.38. The van der Waals surface area contributed by atoms with Gasteiger partial charge in [-0.25, -0.2) is 0 Å². The molecule has 1 aromatic rings. The van der Waals surface area contributed by atoms with Crippen LogP contribution in [0, 0.1) is 5.41 Å². The van der Waals surface area contributed by atoms with Gasteiger partial charge >= 0.3 is 0 Å². The maximum Gasteiger partial charge on any atom is 0.0542 e. The highest BCUT2D eigenvalue weighted by atomic mass is 35.5. The van der Waals surface area contributed by atoms with Gasteiger partial charge in [-0.3, -0.25) is 0 Å². The zero-order chi connectivity index (χ0) is 11.6. The van der Waals surface area contributed by atoms with Crippen LogP contribution in [0.2, 0.25) is 10.0 Å². The molecular weight excluding hydrogens is 279 g/mol. The quantitative estimate of drug-likeness (QED) is 0.589. The largest absolute Gasteiger partial charge is 0.179 e. The van der Waals surface area contributed by atoms with Crippen LogP contribution in [-0.4, -0.2) is 11.5 Å². The SMILES string of the molecule is SCC1(CSc2cc(Cl)ccc2Cl)CCC1. The Morgan fingerprint density at radius 2 is 2.06 bits per heavy atom. The smallest absolute Gasteiger partial charge is 0.0542 e. The zero-order valence-electron chi connectivity index (χ0n) is 8.88. The first-order valence-corrected chi connectivity index (χ1v) is 7.71. The molecule has 0 unspecified atom stereocenters. The molecule has 0 aliphatic heterocycles. The zero-order valence-corrected chi connectivity index (χ0v) is 12.1. The van der Waals surface area contributed by atoms with Crippen molar-refractivity contribution in [3.63, 3.8) is 0 Å². The van der Waals surface area contributed by atoms with Gasteiger partial charge in [0.2, 0.25) is 0 Å². The molecule has 1 aliphatic rings. The lowest BCUT2D eigenvalue weighted by molar-refractivity contribution is 0.205. The summed E-state index contributed by atoms with van der Waals surface area (Å²) in [5.41, 5.74) is 0.430. The fourth-order valence-corrected chi connectivity index (χ4v) is 4.21. The van der Waals surface area contributed by atoms with Crippen LogP contribution >= 0.6 is 47.6 Å². The minimum absolute atomic E-state index is 0.430. The lowest BCUT2D eigenvalue weighted by Gasteiger charge is -2.40. The molecule has 0 spiro atoms. The summed E-state index contributed by atoms with van der Waals surface area (Å²) < 4.78 is 0. The molecule has 16 heavy (non-hydrogen) atoms. The first kappa shape index (κ1) is 12.9. The summed E-state index contributed by atoms with van der Waals surface area (Å²) in [5, 5.41) is 1.54. The molecule has 0 aromatic heterocycles. The van der Waals surface area contributed by atoms with Crippen LogP contribution in [0.4, 0.5) is 0 Å². The van der Waals surface area contributed by atoms with E-state index >= 15 is 0 Å². The van der Waals surface area contributed by atoms with Gasteiger partial charge in [-0.1, -0.05) is 29.6 Å². The number of hydrogen-bond acceptors (Lipinski definition) is 2. The Morgan fingerprint density at radius 3 is 2.62 bits per heavy atom. The minimum Gasteiger partial charge on any atom is -0.179 e. The monoisotopic (exact) mass is 292 g/mol. The maximum absolute atomic E-state index is 6.13. The molecule has 0 radical (unpaired) electrons. The highest BCUT2D eigenvalue weighted by Crippen LogP contribution is 2.46. The van der Waals surface area contributed by atoms with Crippen molar-refractivity contribution in [1.82, 2.24) is 0 Å². The highest BCUT2D eigenvalue weighted by Gasteiger charge is 2.35. The van der Waals surface area contributed by atoms with E-state index in [2.05, 4.69) is 12.6 Å². The van der Waals surface area contributed by atoms with Gasteiger partial charge in [0, 0.05) is 15.7 Å². The van der Waals surface area contributed by atoms with E-state index in [4.69, 9.17) is 23.2 Å². The Bertz CT molecular complexity index is 370. The van der Waals surface area contributed by atoms with Gasteiger partial charge in [0.1, 0.15) is 0 Å². The number of halogens is 2. The summed E-state index contributed by atoms with van der Waals surface area (Å²) in [5.74, 6) is 2.06. The van der Waals surface area contributed by atoms with E-state index in [1.165, 1.54) is 19.3 Å². The van der Waals surface area contributed by atoms with Crippen molar-refractivity contribution < 1.29 is 0 Å². The molecule has 1 saturated carbocycles. The molecule has 1 fully saturated rings. The van der Waals surface area contributed by atoms with Gasteiger partial charge in [0.05, 0.1) is 5.02 Å². The summed E-state index contributed by atoms with van der Waals surface area (Å²) in [6.07, 6.45) is 3.92. The third kappa shape index (κ3) is 2.84. The van der Waals surface area contributed by atoms with Crippen LogP contribution < -0.4 is 0 Å². The molecule has 0 saturated heterocycles. The molecule has 4 heteroatoms. The second kappa shape index (κ2) is 5.43. The van der Waals surface area contributed by atoms with Gasteiger partial charge in [0.15, 0.2) is 0 Å². The lowest BCUT2D eigenvalue weighted by atomic mass is 9.72. The summed E-state index contributed by atoms with van der Waals surface area (Å²) in [6, 6.07) is 5.63. The number of thioether (sulfide) groups is 1. The predicted molar refractivity (Wildman–Crippen MR) is 77.3 cm³/mol. The van der Waals surface area contributed by atoms with Crippen LogP contribution in [-0.2, 0) is 0 Å². The third-order valence-corrected chi connectivity index (χ3v) is 5.93. The minimum atomic E-state index is 0.430. The van der Waals surface area contributed by atoms with Crippen molar-refractivity contribution in [3.05, 3.63) is 28.2 Å². The maximum atomic E-state index is 6.13. The standard InChI is InChI=1S/C12H14Cl2S2/c13-9-2-3-10(14)11(6-9)16-8-12(7-15)4-1-5-12/h2-3,6,15H,1,4-5,7-8H2. The molecule has 2 rings (SSSR count). The van der Waals surface area contributed by atoms with Gasteiger partial charge in [0.25, 0.3) is 0 Å². The molecule has 0 atom stereocenters. The Morgan fingerprint density at radius 1 is 1.31 bits per heavy atom. The van der Waals surface area contributed by atoms with E-state index in [9.17, 15) is 0 Å². The first-order valence-electron chi connectivity index (χ1n) is 5.34. The predicted octanol–water partition coefficient (Wildman–Crippen LogP) is 5.19. The van der Waals surface area contributed by atoms with Crippen molar-refractivity contribution in [2.75, 3.05) is 11.5 Å². The molecule has 0 bridgehead atoms. The van der Waals surface area contributed by atoms with Gasteiger partial charge in [-0.15, -0.1) is 11.8 Å². The Balaban J connectivity index is 2.01. The molecule has 0 amide bonds. The Kier molecular flexibility index (Phi) is 4.39. The highest BCUT2D eigenvalue weighted by molar-refractivity contribution is 7.99. The van der Waals surface area contributed by atoms with Crippen LogP contribution in [0.1, 0.15) is 19.3 Å². The third-order valence-electron chi connectivity index (χ3n) is 3.18. The molecule has 0 N–H and O–H groups in total. The number of thiol groups is 1. The summed E-state index contributed by atoms with van der Waals surface area (Å²) in [6.45, 7) is 0. The molecule has 88 valence electrons. The lowest BCUT2D eigenvalue weighted by Crippen LogP contribution is -2.33. The van der Waals surface area contributed by atoms with E-state index in [0.717, 1.165) is 26.4 Å². The fourth-order valence-electron chi connectivity index (χ4n) is 1.84. The van der Waals surface area contributed by atoms with Crippen LogP contribution in [0.3, 0.4) is 0 Å². The van der Waals surface area contributed by atoms with Crippen molar-refractivity contribution in [1.29, 1.82) is 0 Å². The van der Waals surface area contributed by atoms with Gasteiger partial charge in [-0.05, 0) is 42.2 Å². The first-order chi connectivity index (χ1) is 7.65. The second-order valence-corrected chi connectivity index (χ2v) is 6.55. The van der Waals surface area contributed by atoms with Crippen molar-refractivity contribution in [2.24, 2.45) is 5.41 Å². The van der Waals surface area contributed by atoms with Crippen molar-refractivity contribution >= 4 is 47.6 Å². The van der Waals surface area contributed by atoms with Crippen LogP contribution in [0.25, 0.3) is 0 Å². The van der Waals surface area contributed by atoms with E-state index in [0.29, 0.717) is 5.41 Å².